The van der Waals surface area contributed by atoms with Gasteiger partial charge in [0.25, 0.3) is 0 Å². The van der Waals surface area contributed by atoms with E-state index in [1.54, 1.807) is 0 Å². The van der Waals surface area contributed by atoms with Gasteiger partial charge in [0.05, 0.1) is 13.2 Å². The maximum atomic E-state index is 12.4. The fourth-order valence-corrected chi connectivity index (χ4v) is 4.56. The molecule has 3 aliphatic rings. The van der Waals surface area contributed by atoms with Crippen molar-refractivity contribution in [3.8, 4) is 16.9 Å². The normalized spacial score (nSPS) is 20.4. The number of hydrogen-bond donors (Lipinski definition) is 0. The number of anilines is 1. The molecule has 2 aliphatic heterocycles. The molecule has 3 fully saturated rings. The van der Waals surface area contributed by atoms with Gasteiger partial charge in [0.1, 0.15) is 17.7 Å². The number of piperidine rings is 1. The molecule has 1 aromatic carbocycles. The van der Waals surface area contributed by atoms with Gasteiger partial charge in [0.2, 0.25) is 5.91 Å². The largest absolute Gasteiger partial charge is 0.490 e. The van der Waals surface area contributed by atoms with Crippen LogP contribution in [0, 0.1) is 5.92 Å². The molecule has 1 saturated carbocycles. The molecule has 1 aliphatic carbocycles. The van der Waals surface area contributed by atoms with E-state index in [-0.39, 0.29) is 6.10 Å². The molecule has 0 unspecified atom stereocenters. The van der Waals surface area contributed by atoms with Gasteiger partial charge in [0, 0.05) is 56.7 Å². The molecule has 0 spiro atoms. The number of carbonyl (C=O) groups excluding carboxylic acids is 1. The molecule has 0 N–H and O–H groups in total. The highest BCUT2D eigenvalue weighted by atomic mass is 16.5. The summed E-state index contributed by atoms with van der Waals surface area (Å²) >= 11 is 0. The summed E-state index contributed by atoms with van der Waals surface area (Å²) in [4.78, 5) is 21.3. The minimum Gasteiger partial charge on any atom is -0.490 e. The van der Waals surface area contributed by atoms with Crippen LogP contribution in [0.4, 0.5) is 5.82 Å². The second kappa shape index (κ2) is 9.27. The number of benzene rings is 1. The third-order valence-corrected chi connectivity index (χ3v) is 6.78. The first-order chi connectivity index (χ1) is 15.3. The Hall–Kier alpha value is -2.60. The van der Waals surface area contributed by atoms with E-state index in [1.165, 1.54) is 6.42 Å². The van der Waals surface area contributed by atoms with Crippen LogP contribution in [0.5, 0.6) is 5.75 Å². The number of likely N-dealkylation sites (tertiary alicyclic amines) is 1. The molecule has 2 aromatic rings. The second-order valence-corrected chi connectivity index (χ2v) is 8.80. The summed E-state index contributed by atoms with van der Waals surface area (Å²) < 4.78 is 11.6. The first kappa shape index (κ1) is 20.3. The number of morpholine rings is 1. The number of hydrogen-bond acceptors (Lipinski definition) is 5. The van der Waals surface area contributed by atoms with Gasteiger partial charge in [0.15, 0.2) is 0 Å². The number of aromatic nitrogens is 1. The van der Waals surface area contributed by atoms with Crippen LogP contribution in [0.1, 0.15) is 32.1 Å². The van der Waals surface area contributed by atoms with Crippen molar-refractivity contribution in [3.05, 3.63) is 42.6 Å². The lowest BCUT2D eigenvalue weighted by Crippen LogP contribution is -2.45. The van der Waals surface area contributed by atoms with Crippen molar-refractivity contribution in [2.24, 2.45) is 5.92 Å². The molecule has 2 saturated heterocycles. The molecule has 1 amide bonds. The van der Waals surface area contributed by atoms with Crippen LogP contribution in [0.15, 0.2) is 42.6 Å². The van der Waals surface area contributed by atoms with Crippen LogP contribution in [0.25, 0.3) is 11.1 Å². The van der Waals surface area contributed by atoms with Crippen LogP contribution >= 0.6 is 0 Å². The van der Waals surface area contributed by atoms with Crippen molar-refractivity contribution in [3.63, 3.8) is 0 Å². The van der Waals surface area contributed by atoms with Gasteiger partial charge in [-0.2, -0.15) is 0 Å². The summed E-state index contributed by atoms with van der Waals surface area (Å²) in [6.45, 7) is 4.96. The van der Waals surface area contributed by atoms with Gasteiger partial charge in [-0.25, -0.2) is 4.98 Å². The standard InChI is InChI=1S/C25H31N3O3/c29-25(20-2-1-3-20)28-12-10-23(11-13-28)31-22-7-4-19(5-8-22)21-6-9-24(26-18-21)27-14-16-30-17-15-27/h4-9,18,20,23H,1-3,10-17H2. The zero-order valence-electron chi connectivity index (χ0n) is 18.0. The van der Waals surface area contributed by atoms with E-state index in [0.29, 0.717) is 11.8 Å². The Labute approximate surface area is 184 Å². The molecule has 0 radical (unpaired) electrons. The topological polar surface area (TPSA) is 54.9 Å². The van der Waals surface area contributed by atoms with Crippen LogP contribution < -0.4 is 9.64 Å². The molecule has 1 aromatic heterocycles. The van der Waals surface area contributed by atoms with E-state index in [9.17, 15) is 4.79 Å². The van der Waals surface area contributed by atoms with Gasteiger partial charge in [-0.15, -0.1) is 0 Å². The van der Waals surface area contributed by atoms with Gasteiger partial charge in [-0.05, 0) is 42.7 Å². The van der Waals surface area contributed by atoms with Gasteiger partial charge in [-0.1, -0.05) is 18.6 Å². The zero-order valence-corrected chi connectivity index (χ0v) is 18.0. The molecule has 6 heteroatoms. The Morgan fingerprint density at radius 2 is 1.61 bits per heavy atom. The fourth-order valence-electron chi connectivity index (χ4n) is 4.56. The smallest absolute Gasteiger partial charge is 0.225 e. The highest BCUT2D eigenvalue weighted by Crippen LogP contribution is 2.30. The number of rotatable bonds is 5. The van der Waals surface area contributed by atoms with Gasteiger partial charge < -0.3 is 19.3 Å². The zero-order chi connectivity index (χ0) is 21.0. The predicted octanol–water partition coefficient (Wildman–Crippen LogP) is 3.76. The first-order valence-corrected chi connectivity index (χ1v) is 11.6. The summed E-state index contributed by atoms with van der Waals surface area (Å²) in [6.07, 6.45) is 7.31. The number of carbonyl (C=O) groups is 1. The highest BCUT2D eigenvalue weighted by molar-refractivity contribution is 5.79. The first-order valence-electron chi connectivity index (χ1n) is 11.6. The molecular formula is C25H31N3O3. The van der Waals surface area contributed by atoms with Crippen molar-refractivity contribution in [2.45, 2.75) is 38.2 Å². The number of nitrogens with zero attached hydrogens (tertiary/aromatic N) is 3. The average Bonchev–Trinajstić information content (AvgIpc) is 2.80. The monoisotopic (exact) mass is 421 g/mol. The molecular weight excluding hydrogens is 390 g/mol. The van der Waals surface area contributed by atoms with Crippen molar-refractivity contribution < 1.29 is 14.3 Å². The molecule has 0 atom stereocenters. The summed E-state index contributed by atoms with van der Waals surface area (Å²) in [7, 11) is 0. The molecule has 31 heavy (non-hydrogen) atoms. The van der Waals surface area contributed by atoms with Crippen LogP contribution in [-0.2, 0) is 9.53 Å². The molecule has 0 bridgehead atoms. The van der Waals surface area contributed by atoms with Gasteiger partial charge in [-0.3, -0.25) is 4.79 Å². The summed E-state index contributed by atoms with van der Waals surface area (Å²) in [5.74, 6) is 2.56. The van der Waals surface area contributed by atoms with E-state index in [2.05, 4.69) is 34.1 Å². The molecule has 3 heterocycles. The highest BCUT2D eigenvalue weighted by Gasteiger charge is 2.32. The lowest BCUT2D eigenvalue weighted by atomic mass is 9.84. The molecule has 5 rings (SSSR count). The van der Waals surface area contributed by atoms with E-state index in [0.717, 1.165) is 87.8 Å². The number of pyridine rings is 1. The van der Waals surface area contributed by atoms with E-state index < -0.39 is 0 Å². The van der Waals surface area contributed by atoms with Crippen molar-refractivity contribution >= 4 is 11.7 Å². The van der Waals surface area contributed by atoms with Crippen LogP contribution in [0.2, 0.25) is 0 Å². The third-order valence-electron chi connectivity index (χ3n) is 6.78. The Kier molecular flexibility index (Phi) is 6.07. The Morgan fingerprint density at radius 1 is 0.903 bits per heavy atom. The van der Waals surface area contributed by atoms with Crippen LogP contribution in [0.3, 0.4) is 0 Å². The lowest BCUT2D eigenvalue weighted by molar-refractivity contribution is -0.140. The summed E-state index contributed by atoms with van der Waals surface area (Å²) in [5.41, 5.74) is 2.24. The minimum absolute atomic E-state index is 0.186. The average molecular weight is 422 g/mol. The molecule has 6 nitrogen and oxygen atoms in total. The SMILES string of the molecule is O=C(C1CCC1)N1CCC(Oc2ccc(-c3ccc(N4CCOCC4)nc3)cc2)CC1. The van der Waals surface area contributed by atoms with Crippen LogP contribution in [-0.4, -0.2) is 61.3 Å². The minimum atomic E-state index is 0.186. The van der Waals surface area contributed by atoms with E-state index in [4.69, 9.17) is 9.47 Å². The predicted molar refractivity (Wildman–Crippen MR) is 120 cm³/mol. The maximum Gasteiger partial charge on any atom is 0.225 e. The molecule has 164 valence electrons. The third kappa shape index (κ3) is 4.69. The number of ether oxygens (including phenoxy) is 2. The Bertz CT molecular complexity index is 866. The summed E-state index contributed by atoms with van der Waals surface area (Å²) in [5, 5.41) is 0. The van der Waals surface area contributed by atoms with Crippen molar-refractivity contribution in [2.75, 3.05) is 44.3 Å². The quantitative estimate of drug-likeness (QED) is 0.736. The fraction of sp³-hybridized carbons (Fsp3) is 0.520. The van der Waals surface area contributed by atoms with E-state index in [1.807, 2.05) is 23.2 Å². The Balaban J connectivity index is 1.14. The second-order valence-electron chi connectivity index (χ2n) is 8.80. The van der Waals surface area contributed by atoms with Gasteiger partial charge >= 0.3 is 0 Å². The lowest BCUT2D eigenvalue weighted by Gasteiger charge is -2.36. The Morgan fingerprint density at radius 3 is 2.23 bits per heavy atom. The summed E-state index contributed by atoms with van der Waals surface area (Å²) in [6, 6.07) is 12.5. The van der Waals surface area contributed by atoms with E-state index >= 15 is 0 Å². The van der Waals surface area contributed by atoms with Crippen molar-refractivity contribution in [1.82, 2.24) is 9.88 Å². The number of amides is 1. The maximum absolute atomic E-state index is 12.4. The van der Waals surface area contributed by atoms with Crippen molar-refractivity contribution in [1.29, 1.82) is 0 Å².